The zero-order chi connectivity index (χ0) is 18.4. The lowest BCUT2D eigenvalue weighted by Crippen LogP contribution is -2.48. The van der Waals surface area contributed by atoms with Crippen LogP contribution >= 0.6 is 24.8 Å². The molecule has 0 fully saturated rings. The largest absolute Gasteiger partial charge is 0.350 e. The Bertz CT molecular complexity index is 706. The van der Waals surface area contributed by atoms with Crippen molar-refractivity contribution in [2.75, 3.05) is 7.05 Å². The molecule has 0 aromatic heterocycles. The van der Waals surface area contributed by atoms with Gasteiger partial charge in [0.15, 0.2) is 0 Å². The molecule has 0 saturated carbocycles. The molecule has 150 valence electrons. The van der Waals surface area contributed by atoms with Crippen LogP contribution in [0.4, 0.5) is 0 Å². The number of carbonyl (C=O) groups is 1. The predicted molar refractivity (Wildman–Crippen MR) is 117 cm³/mol. The highest BCUT2D eigenvalue weighted by atomic mass is 35.5. The molecule has 0 radical (unpaired) electrons. The van der Waals surface area contributed by atoms with Gasteiger partial charge in [-0.3, -0.25) is 9.69 Å². The van der Waals surface area contributed by atoms with Gasteiger partial charge in [0, 0.05) is 19.1 Å². The number of amides is 1. The highest BCUT2D eigenvalue weighted by Gasteiger charge is 2.29. The Hall–Kier alpha value is -1.59. The second kappa shape index (κ2) is 11.3. The number of rotatable bonds is 7. The van der Waals surface area contributed by atoms with E-state index in [4.69, 9.17) is 5.73 Å². The summed E-state index contributed by atoms with van der Waals surface area (Å²) < 4.78 is 0. The molecule has 0 spiro atoms. The van der Waals surface area contributed by atoms with Crippen molar-refractivity contribution in [1.29, 1.82) is 0 Å². The fraction of sp³-hybridized carbons (Fsp3) is 0.381. The van der Waals surface area contributed by atoms with Crippen molar-refractivity contribution in [1.82, 2.24) is 10.2 Å². The number of carbonyl (C=O) groups excluding carboxylic acids is 1. The Balaban J connectivity index is 0.00000338. The smallest absolute Gasteiger partial charge is 0.244 e. The lowest BCUT2D eigenvalue weighted by Gasteiger charge is -2.24. The van der Waals surface area contributed by atoms with Crippen molar-refractivity contribution in [3.8, 4) is 0 Å². The first kappa shape index (κ1) is 25.4. The quantitative estimate of drug-likeness (QED) is 0.726. The van der Waals surface area contributed by atoms with Crippen molar-refractivity contribution >= 4 is 30.7 Å². The van der Waals surface area contributed by atoms with E-state index in [1.54, 1.807) is 6.92 Å². The van der Waals surface area contributed by atoms with Gasteiger partial charge in [0.05, 0.1) is 0 Å². The van der Waals surface area contributed by atoms with Crippen LogP contribution in [0.15, 0.2) is 54.6 Å². The topological polar surface area (TPSA) is 58.4 Å². The third-order valence-electron chi connectivity index (χ3n) is 4.60. The zero-order valence-corrected chi connectivity index (χ0v) is 18.1. The van der Waals surface area contributed by atoms with Gasteiger partial charge < -0.3 is 11.1 Å². The second-order valence-electron chi connectivity index (χ2n) is 7.08. The van der Waals surface area contributed by atoms with Gasteiger partial charge in [-0.25, -0.2) is 0 Å². The van der Waals surface area contributed by atoms with Crippen LogP contribution in [0.25, 0.3) is 0 Å². The van der Waals surface area contributed by atoms with Crippen LogP contribution in [-0.2, 0) is 23.4 Å². The summed E-state index contributed by atoms with van der Waals surface area (Å²) in [7, 11) is 2.11. The first-order valence-corrected chi connectivity index (χ1v) is 8.71. The summed E-state index contributed by atoms with van der Waals surface area (Å²) in [4.78, 5) is 14.8. The number of benzene rings is 2. The summed E-state index contributed by atoms with van der Waals surface area (Å²) in [5, 5.41) is 2.96. The van der Waals surface area contributed by atoms with Crippen molar-refractivity contribution in [2.45, 2.75) is 45.4 Å². The van der Waals surface area contributed by atoms with Crippen molar-refractivity contribution in [2.24, 2.45) is 5.73 Å². The van der Waals surface area contributed by atoms with Gasteiger partial charge in [0.1, 0.15) is 5.54 Å². The summed E-state index contributed by atoms with van der Waals surface area (Å²) in [5.74, 6) is -0.177. The Morgan fingerprint density at radius 2 is 1.67 bits per heavy atom. The number of hydrogen-bond donors (Lipinski definition) is 2. The number of nitrogens with one attached hydrogen (secondary N) is 1. The van der Waals surface area contributed by atoms with E-state index in [2.05, 4.69) is 43.2 Å². The van der Waals surface area contributed by atoms with Gasteiger partial charge >= 0.3 is 0 Å². The molecule has 0 aliphatic heterocycles. The average molecular weight is 412 g/mol. The molecule has 4 nitrogen and oxygen atoms in total. The molecular formula is C21H31Cl2N3O. The Morgan fingerprint density at radius 3 is 2.26 bits per heavy atom. The van der Waals surface area contributed by atoms with Crippen LogP contribution in [0.3, 0.4) is 0 Å². The standard InChI is InChI=1S/C21H29N3O.2ClH/c1-16(2)24(4)15-18-10-8-9-17(13-18)14-23-20(25)21(3,22)19-11-6-5-7-12-19;;/h5-13,16H,14-15,22H2,1-4H3,(H,23,25);2*1H. The first-order chi connectivity index (χ1) is 11.8. The molecule has 3 N–H and O–H groups in total. The molecule has 0 aliphatic rings. The van der Waals surface area contributed by atoms with Gasteiger partial charge in [-0.2, -0.15) is 0 Å². The van der Waals surface area contributed by atoms with Gasteiger partial charge in [-0.05, 0) is 44.5 Å². The molecule has 6 heteroatoms. The highest BCUT2D eigenvalue weighted by molar-refractivity contribution is 5.87. The van der Waals surface area contributed by atoms with Crippen LogP contribution in [0.2, 0.25) is 0 Å². The third-order valence-corrected chi connectivity index (χ3v) is 4.60. The number of nitrogens with two attached hydrogens (primary N) is 1. The molecule has 1 atom stereocenters. The molecular weight excluding hydrogens is 381 g/mol. The normalized spacial score (nSPS) is 12.7. The molecule has 2 aromatic rings. The van der Waals surface area contributed by atoms with Crippen LogP contribution in [-0.4, -0.2) is 23.9 Å². The zero-order valence-electron chi connectivity index (χ0n) is 16.4. The maximum Gasteiger partial charge on any atom is 0.244 e. The van der Waals surface area contributed by atoms with E-state index in [0.717, 1.165) is 17.7 Å². The van der Waals surface area contributed by atoms with Crippen LogP contribution in [0.5, 0.6) is 0 Å². The van der Waals surface area contributed by atoms with Crippen LogP contribution < -0.4 is 11.1 Å². The lowest BCUT2D eigenvalue weighted by atomic mass is 9.92. The maximum atomic E-state index is 12.5. The predicted octanol–water partition coefficient (Wildman–Crippen LogP) is 3.86. The number of hydrogen-bond acceptors (Lipinski definition) is 3. The van der Waals surface area contributed by atoms with E-state index in [0.29, 0.717) is 12.6 Å². The van der Waals surface area contributed by atoms with E-state index in [9.17, 15) is 4.79 Å². The van der Waals surface area contributed by atoms with E-state index < -0.39 is 5.54 Å². The lowest BCUT2D eigenvalue weighted by molar-refractivity contribution is -0.126. The van der Waals surface area contributed by atoms with Crippen molar-refractivity contribution in [3.05, 3.63) is 71.3 Å². The van der Waals surface area contributed by atoms with E-state index in [1.807, 2.05) is 42.5 Å². The second-order valence-corrected chi connectivity index (χ2v) is 7.08. The summed E-state index contributed by atoms with van der Waals surface area (Å²) in [6, 6.07) is 18.2. The SMILES string of the molecule is CC(C)N(C)Cc1cccc(CNC(=O)C(C)(N)c2ccccc2)c1.Cl.Cl. The molecule has 1 unspecified atom stereocenters. The minimum Gasteiger partial charge on any atom is -0.350 e. The van der Waals surface area contributed by atoms with E-state index in [1.165, 1.54) is 5.56 Å². The fourth-order valence-electron chi connectivity index (χ4n) is 2.59. The number of halogens is 2. The van der Waals surface area contributed by atoms with Crippen molar-refractivity contribution in [3.63, 3.8) is 0 Å². The van der Waals surface area contributed by atoms with E-state index >= 15 is 0 Å². The molecule has 0 aliphatic carbocycles. The maximum absolute atomic E-state index is 12.5. The molecule has 0 bridgehead atoms. The summed E-state index contributed by atoms with van der Waals surface area (Å²) in [6.45, 7) is 7.45. The monoisotopic (exact) mass is 411 g/mol. The Morgan fingerprint density at radius 1 is 1.07 bits per heavy atom. The minimum atomic E-state index is -1.04. The van der Waals surface area contributed by atoms with Gasteiger partial charge in [-0.15, -0.1) is 24.8 Å². The Labute approximate surface area is 175 Å². The fourth-order valence-corrected chi connectivity index (χ4v) is 2.59. The first-order valence-electron chi connectivity index (χ1n) is 8.71. The summed E-state index contributed by atoms with van der Waals surface area (Å²) >= 11 is 0. The third kappa shape index (κ3) is 7.15. The molecule has 27 heavy (non-hydrogen) atoms. The Kier molecular flexibility index (Phi) is 10.6. The van der Waals surface area contributed by atoms with Crippen LogP contribution in [0.1, 0.15) is 37.5 Å². The molecule has 0 saturated heterocycles. The number of nitrogens with zero attached hydrogens (tertiary/aromatic N) is 1. The van der Waals surface area contributed by atoms with Crippen LogP contribution in [0, 0.1) is 0 Å². The highest BCUT2D eigenvalue weighted by Crippen LogP contribution is 2.18. The summed E-state index contributed by atoms with van der Waals surface area (Å²) in [6.07, 6.45) is 0. The summed E-state index contributed by atoms with van der Waals surface area (Å²) in [5.41, 5.74) is 8.33. The van der Waals surface area contributed by atoms with E-state index in [-0.39, 0.29) is 30.7 Å². The molecule has 0 heterocycles. The van der Waals surface area contributed by atoms with Crippen molar-refractivity contribution < 1.29 is 4.79 Å². The average Bonchev–Trinajstić information content (AvgIpc) is 2.60. The van der Waals surface area contributed by atoms with Gasteiger partial charge in [0.25, 0.3) is 0 Å². The van der Waals surface area contributed by atoms with Gasteiger partial charge in [0.2, 0.25) is 5.91 Å². The molecule has 1 amide bonds. The molecule has 2 aromatic carbocycles. The minimum absolute atomic E-state index is 0. The van der Waals surface area contributed by atoms with Gasteiger partial charge in [-0.1, -0.05) is 54.6 Å². The molecule has 2 rings (SSSR count).